The second kappa shape index (κ2) is 13.6. The second-order valence-electron chi connectivity index (χ2n) is 7.57. The molecule has 0 aromatic heterocycles. The standard InChI is InChI=1S/C27H30O5/c28-17-16-26(31-19-23-12-6-2-7-13-23)27(32-20-24-14-8-3-9-15-24)25(29)21-30-18-22-10-4-1-5-11-22/h1-15,17,25-27,29H,16,18-21H2/t25-,26-,27-/m1/s1. The van der Waals surface area contributed by atoms with Crippen LogP contribution in [0.1, 0.15) is 23.1 Å². The van der Waals surface area contributed by atoms with Crippen molar-refractivity contribution < 1.29 is 24.1 Å². The monoisotopic (exact) mass is 434 g/mol. The maximum Gasteiger partial charge on any atom is 0.122 e. The molecule has 5 heteroatoms. The predicted octanol–water partition coefficient (Wildman–Crippen LogP) is 4.32. The van der Waals surface area contributed by atoms with E-state index in [2.05, 4.69) is 0 Å². The number of carbonyl (C=O) groups excluding carboxylic acids is 1. The first-order chi connectivity index (χ1) is 15.8. The molecule has 0 amide bonds. The van der Waals surface area contributed by atoms with Crippen molar-refractivity contribution >= 4 is 6.29 Å². The molecule has 0 aliphatic heterocycles. The largest absolute Gasteiger partial charge is 0.388 e. The van der Waals surface area contributed by atoms with Crippen LogP contribution in [-0.4, -0.2) is 36.3 Å². The number of carbonyl (C=O) groups is 1. The van der Waals surface area contributed by atoms with Crippen LogP contribution in [0, 0.1) is 0 Å². The quantitative estimate of drug-likeness (QED) is 0.383. The van der Waals surface area contributed by atoms with E-state index in [4.69, 9.17) is 14.2 Å². The highest BCUT2D eigenvalue weighted by Gasteiger charge is 2.30. The maximum absolute atomic E-state index is 11.4. The second-order valence-corrected chi connectivity index (χ2v) is 7.57. The van der Waals surface area contributed by atoms with E-state index in [0.717, 1.165) is 23.0 Å². The first-order valence-electron chi connectivity index (χ1n) is 10.8. The van der Waals surface area contributed by atoms with Crippen LogP contribution < -0.4 is 0 Å². The molecule has 5 nitrogen and oxygen atoms in total. The zero-order chi connectivity index (χ0) is 22.4. The fourth-order valence-electron chi connectivity index (χ4n) is 3.37. The Balaban J connectivity index is 1.65. The van der Waals surface area contributed by atoms with E-state index in [1.165, 1.54) is 0 Å². The Morgan fingerprint density at radius 2 is 1.16 bits per heavy atom. The van der Waals surface area contributed by atoms with Crippen LogP contribution in [0.3, 0.4) is 0 Å². The maximum atomic E-state index is 11.4. The first-order valence-corrected chi connectivity index (χ1v) is 10.8. The topological polar surface area (TPSA) is 65.0 Å². The Bertz CT molecular complexity index is 886. The smallest absolute Gasteiger partial charge is 0.122 e. The van der Waals surface area contributed by atoms with Crippen molar-refractivity contribution in [1.82, 2.24) is 0 Å². The van der Waals surface area contributed by atoms with Gasteiger partial charge in [-0.2, -0.15) is 0 Å². The Kier molecular flexibility index (Phi) is 10.1. The van der Waals surface area contributed by atoms with Crippen LogP contribution in [0.2, 0.25) is 0 Å². The summed E-state index contributed by atoms with van der Waals surface area (Å²) in [5.74, 6) is 0. The highest BCUT2D eigenvalue weighted by molar-refractivity contribution is 5.50. The lowest BCUT2D eigenvalue weighted by Crippen LogP contribution is -2.43. The molecule has 0 saturated carbocycles. The summed E-state index contributed by atoms with van der Waals surface area (Å²) in [6, 6.07) is 29.2. The Morgan fingerprint density at radius 1 is 0.688 bits per heavy atom. The van der Waals surface area contributed by atoms with Gasteiger partial charge in [-0.25, -0.2) is 0 Å². The first kappa shape index (κ1) is 23.8. The summed E-state index contributed by atoms with van der Waals surface area (Å²) >= 11 is 0. The molecular weight excluding hydrogens is 404 g/mol. The van der Waals surface area contributed by atoms with Gasteiger partial charge in [0.1, 0.15) is 18.5 Å². The molecule has 0 bridgehead atoms. The number of rotatable bonds is 14. The Labute approximate surface area is 189 Å². The van der Waals surface area contributed by atoms with Gasteiger partial charge in [-0.15, -0.1) is 0 Å². The van der Waals surface area contributed by atoms with Crippen LogP contribution in [0.4, 0.5) is 0 Å². The van der Waals surface area contributed by atoms with E-state index in [9.17, 15) is 9.90 Å². The van der Waals surface area contributed by atoms with Gasteiger partial charge in [0.05, 0.1) is 32.5 Å². The number of hydrogen-bond acceptors (Lipinski definition) is 5. The summed E-state index contributed by atoms with van der Waals surface area (Å²) in [4.78, 5) is 11.4. The predicted molar refractivity (Wildman–Crippen MR) is 123 cm³/mol. The van der Waals surface area contributed by atoms with Crippen LogP contribution in [-0.2, 0) is 38.8 Å². The van der Waals surface area contributed by atoms with Crippen molar-refractivity contribution in [3.63, 3.8) is 0 Å². The number of hydrogen-bond donors (Lipinski definition) is 1. The molecule has 1 N–H and O–H groups in total. The molecule has 3 aromatic carbocycles. The van der Waals surface area contributed by atoms with Crippen molar-refractivity contribution in [2.75, 3.05) is 6.61 Å². The van der Waals surface area contributed by atoms with Crippen molar-refractivity contribution in [3.8, 4) is 0 Å². The average molecular weight is 435 g/mol. The summed E-state index contributed by atoms with van der Waals surface area (Å²) in [6.07, 6.45) is -1.37. The molecule has 0 radical (unpaired) electrons. The van der Waals surface area contributed by atoms with Gasteiger partial charge in [-0.1, -0.05) is 91.0 Å². The number of ether oxygens (including phenoxy) is 3. The third-order valence-corrected chi connectivity index (χ3v) is 5.07. The minimum atomic E-state index is -0.955. The summed E-state index contributed by atoms with van der Waals surface area (Å²) in [6.45, 7) is 1.07. The minimum absolute atomic E-state index is 0.0679. The number of aliphatic hydroxyl groups excluding tert-OH is 1. The fraction of sp³-hybridized carbons (Fsp3) is 0.296. The van der Waals surface area contributed by atoms with E-state index >= 15 is 0 Å². The molecule has 3 atom stereocenters. The fourth-order valence-corrected chi connectivity index (χ4v) is 3.37. The van der Waals surface area contributed by atoms with Crippen LogP contribution in [0.15, 0.2) is 91.0 Å². The van der Waals surface area contributed by atoms with E-state index in [-0.39, 0.29) is 13.0 Å². The van der Waals surface area contributed by atoms with E-state index in [0.29, 0.717) is 19.8 Å². The molecule has 168 valence electrons. The summed E-state index contributed by atoms with van der Waals surface area (Å²) in [5, 5.41) is 10.9. The summed E-state index contributed by atoms with van der Waals surface area (Å²) in [7, 11) is 0. The molecule has 0 heterocycles. The highest BCUT2D eigenvalue weighted by Crippen LogP contribution is 2.18. The highest BCUT2D eigenvalue weighted by atomic mass is 16.6. The number of aldehydes is 1. The molecule has 0 spiro atoms. The van der Waals surface area contributed by atoms with E-state index < -0.39 is 18.3 Å². The van der Waals surface area contributed by atoms with Crippen LogP contribution >= 0.6 is 0 Å². The zero-order valence-electron chi connectivity index (χ0n) is 18.1. The normalized spacial score (nSPS) is 13.9. The molecule has 3 aromatic rings. The van der Waals surface area contributed by atoms with Gasteiger partial charge in [-0.3, -0.25) is 0 Å². The summed E-state index contributed by atoms with van der Waals surface area (Å²) in [5.41, 5.74) is 2.98. The molecule has 3 rings (SSSR count). The van der Waals surface area contributed by atoms with Crippen LogP contribution in [0.5, 0.6) is 0 Å². The van der Waals surface area contributed by atoms with Gasteiger partial charge in [-0.05, 0) is 16.7 Å². The number of aliphatic hydroxyl groups is 1. The van der Waals surface area contributed by atoms with Gasteiger partial charge >= 0.3 is 0 Å². The molecule has 32 heavy (non-hydrogen) atoms. The van der Waals surface area contributed by atoms with E-state index in [1.54, 1.807) is 0 Å². The molecule has 0 aliphatic carbocycles. The lowest BCUT2D eigenvalue weighted by atomic mass is 10.1. The van der Waals surface area contributed by atoms with Gasteiger partial charge < -0.3 is 24.1 Å². The van der Waals surface area contributed by atoms with Crippen molar-refractivity contribution in [1.29, 1.82) is 0 Å². The molecule has 0 unspecified atom stereocenters. The molecule has 0 aliphatic rings. The van der Waals surface area contributed by atoms with Gasteiger partial charge in [0, 0.05) is 6.42 Å². The van der Waals surface area contributed by atoms with Gasteiger partial charge in [0.25, 0.3) is 0 Å². The number of benzene rings is 3. The Hall–Kier alpha value is -2.83. The van der Waals surface area contributed by atoms with Crippen molar-refractivity contribution in [2.45, 2.75) is 44.6 Å². The van der Waals surface area contributed by atoms with Crippen LogP contribution in [0.25, 0.3) is 0 Å². The lowest BCUT2D eigenvalue weighted by molar-refractivity contribution is -0.151. The lowest BCUT2D eigenvalue weighted by Gasteiger charge is -2.30. The Morgan fingerprint density at radius 3 is 1.66 bits per heavy atom. The minimum Gasteiger partial charge on any atom is -0.388 e. The molecule has 0 saturated heterocycles. The van der Waals surface area contributed by atoms with Crippen molar-refractivity contribution in [2.24, 2.45) is 0 Å². The third kappa shape index (κ3) is 8.02. The third-order valence-electron chi connectivity index (χ3n) is 5.07. The molecule has 0 fully saturated rings. The van der Waals surface area contributed by atoms with E-state index in [1.807, 2.05) is 91.0 Å². The SMILES string of the molecule is O=CC[C@@H](OCc1ccccc1)[C@H](OCc1ccccc1)[C@H](O)COCc1ccccc1. The zero-order valence-corrected chi connectivity index (χ0v) is 18.1. The van der Waals surface area contributed by atoms with Gasteiger partial charge in [0.15, 0.2) is 0 Å². The molecular formula is C27H30O5. The van der Waals surface area contributed by atoms with Crippen molar-refractivity contribution in [3.05, 3.63) is 108 Å². The summed E-state index contributed by atoms with van der Waals surface area (Å²) < 4.78 is 17.8. The van der Waals surface area contributed by atoms with Gasteiger partial charge in [0.2, 0.25) is 0 Å². The average Bonchev–Trinajstić information content (AvgIpc) is 2.84.